The second-order valence-electron chi connectivity index (χ2n) is 5.17. The van der Waals surface area contributed by atoms with Gasteiger partial charge in [-0.05, 0) is 45.1 Å². The van der Waals surface area contributed by atoms with Crippen molar-refractivity contribution in [2.75, 3.05) is 31.2 Å². The van der Waals surface area contributed by atoms with Gasteiger partial charge in [-0.15, -0.1) is 0 Å². The fourth-order valence-corrected chi connectivity index (χ4v) is 2.47. The van der Waals surface area contributed by atoms with E-state index < -0.39 is 0 Å². The third-order valence-electron chi connectivity index (χ3n) is 3.66. The highest BCUT2D eigenvalue weighted by Crippen LogP contribution is 2.21. The van der Waals surface area contributed by atoms with E-state index >= 15 is 0 Å². The lowest BCUT2D eigenvalue weighted by atomic mass is 10.1. The molecule has 0 atom stereocenters. The van der Waals surface area contributed by atoms with E-state index in [9.17, 15) is 0 Å². The Morgan fingerprint density at radius 3 is 2.47 bits per heavy atom. The highest BCUT2D eigenvalue weighted by molar-refractivity contribution is 5.79. The summed E-state index contributed by atoms with van der Waals surface area (Å²) in [5.41, 5.74) is 7.71. The van der Waals surface area contributed by atoms with Gasteiger partial charge in [0.15, 0.2) is 11.6 Å². The molecule has 3 N–H and O–H groups in total. The maximum absolute atomic E-state index is 5.98. The Balaban J connectivity index is 1.82. The minimum absolute atomic E-state index is 0.439. The van der Waals surface area contributed by atoms with Crippen molar-refractivity contribution in [1.29, 1.82) is 0 Å². The van der Waals surface area contributed by atoms with E-state index in [4.69, 9.17) is 5.73 Å². The fraction of sp³-hybridized carbons (Fsp3) is 0.429. The SMILES string of the molecule is CN1CCC(Nc2nc3ccccc3nc2N)CC1. The number of rotatable bonds is 2. The third-order valence-corrected chi connectivity index (χ3v) is 3.66. The summed E-state index contributed by atoms with van der Waals surface area (Å²) in [6.07, 6.45) is 2.23. The molecule has 1 aromatic heterocycles. The van der Waals surface area contributed by atoms with E-state index in [0.717, 1.165) is 37.0 Å². The Morgan fingerprint density at radius 2 is 1.79 bits per heavy atom. The molecule has 1 aliphatic rings. The van der Waals surface area contributed by atoms with Crippen LogP contribution in [0.1, 0.15) is 12.8 Å². The van der Waals surface area contributed by atoms with E-state index in [2.05, 4.69) is 27.2 Å². The highest BCUT2D eigenvalue weighted by atomic mass is 15.1. The van der Waals surface area contributed by atoms with Gasteiger partial charge in [0.25, 0.3) is 0 Å². The van der Waals surface area contributed by atoms with Gasteiger partial charge >= 0.3 is 0 Å². The number of hydrogen-bond donors (Lipinski definition) is 2. The molecule has 19 heavy (non-hydrogen) atoms. The summed E-state index contributed by atoms with van der Waals surface area (Å²) in [5, 5.41) is 3.44. The van der Waals surface area contributed by atoms with E-state index in [-0.39, 0.29) is 0 Å². The number of likely N-dealkylation sites (tertiary alicyclic amines) is 1. The number of aromatic nitrogens is 2. The normalized spacial score (nSPS) is 17.7. The van der Waals surface area contributed by atoms with Gasteiger partial charge in [0, 0.05) is 6.04 Å². The Hall–Kier alpha value is -1.88. The second-order valence-corrected chi connectivity index (χ2v) is 5.17. The van der Waals surface area contributed by atoms with Gasteiger partial charge in [0.2, 0.25) is 0 Å². The number of hydrogen-bond acceptors (Lipinski definition) is 5. The minimum atomic E-state index is 0.439. The summed E-state index contributed by atoms with van der Waals surface area (Å²) >= 11 is 0. The molecule has 2 aromatic rings. The highest BCUT2D eigenvalue weighted by Gasteiger charge is 2.18. The Bertz CT molecular complexity index is 575. The molecule has 5 nitrogen and oxygen atoms in total. The zero-order chi connectivity index (χ0) is 13.2. The van der Waals surface area contributed by atoms with Crippen molar-refractivity contribution < 1.29 is 0 Å². The van der Waals surface area contributed by atoms with Crippen LogP contribution in [0.25, 0.3) is 11.0 Å². The predicted octanol–water partition coefficient (Wildman–Crippen LogP) is 1.72. The summed E-state index contributed by atoms with van der Waals surface area (Å²) in [5.74, 6) is 1.20. The zero-order valence-electron chi connectivity index (χ0n) is 11.1. The second kappa shape index (κ2) is 5.01. The van der Waals surface area contributed by atoms with Gasteiger partial charge in [-0.2, -0.15) is 0 Å². The largest absolute Gasteiger partial charge is 0.381 e. The maximum atomic E-state index is 5.98. The number of nitrogens with one attached hydrogen (secondary N) is 1. The summed E-state index contributed by atoms with van der Waals surface area (Å²) in [4.78, 5) is 11.3. The number of para-hydroxylation sites is 2. The van der Waals surface area contributed by atoms with Crippen LogP contribution in [-0.4, -0.2) is 41.0 Å². The Labute approximate surface area is 112 Å². The summed E-state index contributed by atoms with van der Waals surface area (Å²) in [7, 11) is 2.15. The first kappa shape index (κ1) is 12.2. The van der Waals surface area contributed by atoms with Gasteiger partial charge in [-0.25, -0.2) is 9.97 Å². The lowest BCUT2D eigenvalue weighted by Crippen LogP contribution is -2.37. The molecule has 1 aliphatic heterocycles. The van der Waals surface area contributed by atoms with Crippen molar-refractivity contribution in [3.8, 4) is 0 Å². The van der Waals surface area contributed by atoms with Gasteiger partial charge in [0.05, 0.1) is 11.0 Å². The summed E-state index contributed by atoms with van der Waals surface area (Å²) in [6.45, 7) is 2.22. The average molecular weight is 257 g/mol. The molecule has 0 spiro atoms. The van der Waals surface area contributed by atoms with Crippen molar-refractivity contribution in [2.45, 2.75) is 18.9 Å². The summed E-state index contributed by atoms with van der Waals surface area (Å²) < 4.78 is 0. The standard InChI is InChI=1S/C14H19N5/c1-19-8-6-10(7-9-19)16-14-13(15)17-11-4-2-3-5-12(11)18-14/h2-5,10H,6-9H2,1H3,(H2,15,17)(H,16,18). The monoisotopic (exact) mass is 257 g/mol. The summed E-state index contributed by atoms with van der Waals surface area (Å²) in [6, 6.07) is 8.24. The number of nitrogen functional groups attached to an aromatic ring is 1. The molecule has 0 aliphatic carbocycles. The van der Waals surface area contributed by atoms with Crippen LogP contribution in [-0.2, 0) is 0 Å². The van der Waals surface area contributed by atoms with Gasteiger partial charge in [-0.1, -0.05) is 12.1 Å². The molecule has 1 aromatic carbocycles. The molecule has 0 bridgehead atoms. The van der Waals surface area contributed by atoms with E-state index in [1.807, 2.05) is 24.3 Å². The zero-order valence-corrected chi connectivity index (χ0v) is 11.1. The molecule has 1 saturated heterocycles. The first-order valence-electron chi connectivity index (χ1n) is 6.70. The fourth-order valence-electron chi connectivity index (χ4n) is 2.47. The Morgan fingerprint density at radius 1 is 1.16 bits per heavy atom. The number of benzene rings is 1. The minimum Gasteiger partial charge on any atom is -0.381 e. The smallest absolute Gasteiger partial charge is 0.169 e. The van der Waals surface area contributed by atoms with Crippen LogP contribution in [0, 0.1) is 0 Å². The molecule has 3 rings (SSSR count). The molecule has 0 unspecified atom stereocenters. The third kappa shape index (κ3) is 2.61. The molecular weight excluding hydrogens is 238 g/mol. The molecule has 100 valence electrons. The lowest BCUT2D eigenvalue weighted by Gasteiger charge is -2.29. The Kier molecular flexibility index (Phi) is 3.21. The molecule has 0 radical (unpaired) electrons. The molecule has 1 fully saturated rings. The number of nitrogens with two attached hydrogens (primary N) is 1. The molecule has 0 amide bonds. The predicted molar refractivity (Wildman–Crippen MR) is 78.1 cm³/mol. The van der Waals surface area contributed by atoms with Crippen LogP contribution in [0.4, 0.5) is 11.6 Å². The first-order valence-corrected chi connectivity index (χ1v) is 6.70. The van der Waals surface area contributed by atoms with E-state index in [1.165, 1.54) is 0 Å². The number of fused-ring (bicyclic) bond motifs is 1. The number of nitrogens with zero attached hydrogens (tertiary/aromatic N) is 3. The van der Waals surface area contributed by atoms with Crippen LogP contribution in [0.3, 0.4) is 0 Å². The van der Waals surface area contributed by atoms with Crippen LogP contribution >= 0.6 is 0 Å². The van der Waals surface area contributed by atoms with E-state index in [0.29, 0.717) is 17.7 Å². The van der Waals surface area contributed by atoms with Gasteiger partial charge in [0.1, 0.15) is 0 Å². The van der Waals surface area contributed by atoms with Crippen molar-refractivity contribution in [3.63, 3.8) is 0 Å². The van der Waals surface area contributed by atoms with Crippen LogP contribution in [0.5, 0.6) is 0 Å². The number of piperidine rings is 1. The van der Waals surface area contributed by atoms with Crippen molar-refractivity contribution in [3.05, 3.63) is 24.3 Å². The lowest BCUT2D eigenvalue weighted by molar-refractivity contribution is 0.263. The van der Waals surface area contributed by atoms with Gasteiger partial charge in [-0.3, -0.25) is 0 Å². The van der Waals surface area contributed by atoms with Crippen molar-refractivity contribution in [1.82, 2.24) is 14.9 Å². The molecular formula is C14H19N5. The van der Waals surface area contributed by atoms with E-state index in [1.54, 1.807) is 0 Å². The molecule has 0 saturated carbocycles. The topological polar surface area (TPSA) is 67.1 Å². The van der Waals surface area contributed by atoms with Crippen LogP contribution in [0.15, 0.2) is 24.3 Å². The molecule has 5 heteroatoms. The van der Waals surface area contributed by atoms with Gasteiger partial charge < -0.3 is 16.0 Å². The van der Waals surface area contributed by atoms with Crippen LogP contribution < -0.4 is 11.1 Å². The first-order chi connectivity index (χ1) is 9.22. The average Bonchev–Trinajstić information content (AvgIpc) is 2.42. The quantitative estimate of drug-likeness (QED) is 0.857. The number of anilines is 2. The van der Waals surface area contributed by atoms with Crippen molar-refractivity contribution >= 4 is 22.7 Å². The van der Waals surface area contributed by atoms with Crippen molar-refractivity contribution in [2.24, 2.45) is 0 Å². The van der Waals surface area contributed by atoms with Crippen LogP contribution in [0.2, 0.25) is 0 Å². The maximum Gasteiger partial charge on any atom is 0.169 e. The molecule has 2 heterocycles.